The largest absolute Gasteiger partial charge is 0.323 e. The topological polar surface area (TPSA) is 130 Å². The Kier molecular flexibility index (Phi) is 9.80. The Morgan fingerprint density at radius 3 is 2.31 bits per heavy atom. The highest BCUT2D eigenvalue weighted by atomic mass is 32.2. The summed E-state index contributed by atoms with van der Waals surface area (Å²) < 4.78 is 13.9. The van der Waals surface area contributed by atoms with E-state index in [9.17, 15) is 28.9 Å². The summed E-state index contributed by atoms with van der Waals surface area (Å²) in [5, 5.41) is 18.8. The van der Waals surface area contributed by atoms with Crippen molar-refractivity contribution in [3.05, 3.63) is 136 Å². The summed E-state index contributed by atoms with van der Waals surface area (Å²) in [6.45, 7) is 1.67. The molecule has 4 aromatic carbocycles. The van der Waals surface area contributed by atoms with E-state index in [-0.39, 0.29) is 22.6 Å². The van der Waals surface area contributed by atoms with Crippen LogP contribution in [-0.2, 0) is 9.59 Å². The summed E-state index contributed by atoms with van der Waals surface area (Å²) in [5.74, 6) is -2.24. The van der Waals surface area contributed by atoms with E-state index in [1.165, 1.54) is 54.2 Å². The molecule has 0 aromatic heterocycles. The maximum atomic E-state index is 13.9. The molecule has 1 atom stereocenters. The number of nitro groups is 1. The van der Waals surface area contributed by atoms with Crippen LogP contribution < -0.4 is 16.0 Å². The van der Waals surface area contributed by atoms with Crippen molar-refractivity contribution in [3.63, 3.8) is 0 Å². The van der Waals surface area contributed by atoms with E-state index in [4.69, 9.17) is 0 Å². The SMILES string of the molecule is CC(Sc1cccc(NC(=O)/C(=C\c2ccccc2[N+](=O)[O-])NC(=O)c2ccccc2)c1)C(=O)Nc1ccccc1F. The predicted molar refractivity (Wildman–Crippen MR) is 160 cm³/mol. The zero-order chi connectivity index (χ0) is 30.1. The number of halogens is 1. The van der Waals surface area contributed by atoms with Gasteiger partial charge < -0.3 is 16.0 Å². The Balaban J connectivity index is 1.53. The number of carbonyl (C=O) groups excluding carboxylic acids is 3. The molecule has 1 unspecified atom stereocenters. The number of hydrogen-bond acceptors (Lipinski definition) is 6. The van der Waals surface area contributed by atoms with Gasteiger partial charge in [0.25, 0.3) is 17.5 Å². The molecule has 3 amide bonds. The third-order valence-electron chi connectivity index (χ3n) is 5.87. The van der Waals surface area contributed by atoms with E-state index in [0.717, 1.165) is 0 Å². The highest BCUT2D eigenvalue weighted by Gasteiger charge is 2.20. The van der Waals surface area contributed by atoms with Gasteiger partial charge in [0.2, 0.25) is 5.91 Å². The number of para-hydroxylation sites is 2. The molecule has 9 nitrogen and oxygen atoms in total. The molecular formula is C31H25FN4O5S. The number of nitrogens with zero attached hydrogens (tertiary/aromatic N) is 1. The predicted octanol–water partition coefficient (Wildman–Crippen LogP) is 6.26. The normalized spacial score (nSPS) is 11.7. The number of amides is 3. The lowest BCUT2D eigenvalue weighted by atomic mass is 10.1. The van der Waals surface area contributed by atoms with Crippen LogP contribution in [0.3, 0.4) is 0 Å². The monoisotopic (exact) mass is 584 g/mol. The van der Waals surface area contributed by atoms with Gasteiger partial charge in [0.05, 0.1) is 21.4 Å². The number of thioether (sulfide) groups is 1. The van der Waals surface area contributed by atoms with E-state index < -0.39 is 33.7 Å². The minimum absolute atomic E-state index is 0.0754. The number of nitro benzene ring substituents is 1. The van der Waals surface area contributed by atoms with Crippen molar-refractivity contribution in [2.24, 2.45) is 0 Å². The van der Waals surface area contributed by atoms with E-state index in [0.29, 0.717) is 16.1 Å². The molecule has 4 rings (SSSR count). The highest BCUT2D eigenvalue weighted by Crippen LogP contribution is 2.27. The van der Waals surface area contributed by atoms with Gasteiger partial charge >= 0.3 is 0 Å². The zero-order valence-corrected chi connectivity index (χ0v) is 23.1. The van der Waals surface area contributed by atoms with Crippen molar-refractivity contribution in [1.29, 1.82) is 0 Å². The van der Waals surface area contributed by atoms with Gasteiger partial charge in [0.1, 0.15) is 11.5 Å². The Morgan fingerprint density at radius 1 is 0.881 bits per heavy atom. The van der Waals surface area contributed by atoms with Crippen LogP contribution in [0.1, 0.15) is 22.8 Å². The van der Waals surface area contributed by atoms with Crippen molar-refractivity contribution in [2.75, 3.05) is 10.6 Å². The summed E-state index contributed by atoms with van der Waals surface area (Å²) in [4.78, 5) is 50.5. The number of benzene rings is 4. The minimum Gasteiger partial charge on any atom is -0.323 e. The zero-order valence-electron chi connectivity index (χ0n) is 22.2. The minimum atomic E-state index is -0.718. The van der Waals surface area contributed by atoms with Crippen LogP contribution in [0.2, 0.25) is 0 Å². The molecule has 0 spiro atoms. The molecule has 0 fully saturated rings. The first-order chi connectivity index (χ1) is 20.2. The molecule has 0 aliphatic carbocycles. The first kappa shape index (κ1) is 29.7. The molecule has 4 aromatic rings. The van der Waals surface area contributed by atoms with Crippen LogP contribution >= 0.6 is 11.8 Å². The van der Waals surface area contributed by atoms with Crippen LogP contribution in [0.4, 0.5) is 21.5 Å². The Bertz CT molecular complexity index is 1660. The van der Waals surface area contributed by atoms with E-state index >= 15 is 0 Å². The molecule has 0 aliphatic rings. The molecule has 11 heteroatoms. The standard InChI is InChI=1S/C31H25FN4O5S/c1-20(29(37)34-26-16-7-6-15-25(26)32)42-24-14-9-13-23(19-24)33-31(39)27(35-30(38)21-10-3-2-4-11-21)18-22-12-5-8-17-28(22)36(40)41/h2-20H,1H3,(H,33,39)(H,34,37)(H,35,38)/b27-18+. The van der Waals surface area contributed by atoms with Crippen molar-refractivity contribution in [3.8, 4) is 0 Å². The molecule has 0 aliphatic heterocycles. The van der Waals surface area contributed by atoms with Gasteiger partial charge in [-0.2, -0.15) is 0 Å². The lowest BCUT2D eigenvalue weighted by Gasteiger charge is -2.14. The summed E-state index contributed by atoms with van der Waals surface area (Å²) in [6.07, 6.45) is 1.24. The smallest absolute Gasteiger partial charge is 0.276 e. The lowest BCUT2D eigenvalue weighted by molar-refractivity contribution is -0.385. The Morgan fingerprint density at radius 2 is 1.57 bits per heavy atom. The van der Waals surface area contributed by atoms with Crippen LogP contribution in [0.15, 0.2) is 114 Å². The molecule has 3 N–H and O–H groups in total. The molecular weight excluding hydrogens is 559 g/mol. The first-order valence-corrected chi connectivity index (χ1v) is 13.5. The van der Waals surface area contributed by atoms with Crippen LogP contribution in [0, 0.1) is 15.9 Å². The molecule has 0 bridgehead atoms. The van der Waals surface area contributed by atoms with Crippen LogP contribution in [0.5, 0.6) is 0 Å². The number of anilines is 2. The molecule has 0 saturated carbocycles. The second-order valence-corrected chi connectivity index (χ2v) is 10.3. The van der Waals surface area contributed by atoms with Crippen molar-refractivity contribution < 1.29 is 23.7 Å². The van der Waals surface area contributed by atoms with Crippen molar-refractivity contribution >= 4 is 52.6 Å². The first-order valence-electron chi connectivity index (χ1n) is 12.7. The second kappa shape index (κ2) is 13.9. The fourth-order valence-electron chi connectivity index (χ4n) is 3.77. The molecule has 0 saturated heterocycles. The van der Waals surface area contributed by atoms with E-state index in [1.54, 1.807) is 73.7 Å². The fourth-order valence-corrected chi connectivity index (χ4v) is 4.70. The number of hydrogen-bond donors (Lipinski definition) is 3. The average molecular weight is 585 g/mol. The van der Waals surface area contributed by atoms with Gasteiger partial charge in [-0.3, -0.25) is 24.5 Å². The summed E-state index contributed by atoms with van der Waals surface area (Å²) >= 11 is 1.20. The number of carbonyl (C=O) groups is 3. The molecule has 42 heavy (non-hydrogen) atoms. The van der Waals surface area contributed by atoms with Gasteiger partial charge in [0, 0.05) is 22.2 Å². The summed E-state index contributed by atoms with van der Waals surface area (Å²) in [6, 6.07) is 26.6. The lowest BCUT2D eigenvalue weighted by Crippen LogP contribution is -2.30. The van der Waals surface area contributed by atoms with E-state index in [2.05, 4.69) is 16.0 Å². The van der Waals surface area contributed by atoms with Gasteiger partial charge in [-0.25, -0.2) is 4.39 Å². The van der Waals surface area contributed by atoms with E-state index in [1.807, 2.05) is 0 Å². The third kappa shape index (κ3) is 7.89. The van der Waals surface area contributed by atoms with Gasteiger partial charge in [-0.05, 0) is 61.5 Å². The summed E-state index contributed by atoms with van der Waals surface area (Å²) in [5.41, 5.74) is 0.395. The molecule has 212 valence electrons. The Hall–Kier alpha value is -5.29. The maximum Gasteiger partial charge on any atom is 0.276 e. The average Bonchev–Trinajstić information content (AvgIpc) is 2.98. The molecule has 0 radical (unpaired) electrons. The molecule has 0 heterocycles. The van der Waals surface area contributed by atoms with Crippen molar-refractivity contribution in [2.45, 2.75) is 17.1 Å². The number of nitrogens with one attached hydrogen (secondary N) is 3. The van der Waals surface area contributed by atoms with Crippen LogP contribution in [-0.4, -0.2) is 27.9 Å². The highest BCUT2D eigenvalue weighted by molar-refractivity contribution is 8.00. The van der Waals surface area contributed by atoms with Gasteiger partial charge in [-0.1, -0.05) is 48.5 Å². The van der Waals surface area contributed by atoms with Crippen LogP contribution in [0.25, 0.3) is 6.08 Å². The summed E-state index contributed by atoms with van der Waals surface area (Å²) in [7, 11) is 0. The maximum absolute atomic E-state index is 13.9. The Labute approximate surface area is 245 Å². The van der Waals surface area contributed by atoms with Gasteiger partial charge in [0.15, 0.2) is 0 Å². The second-order valence-electron chi connectivity index (χ2n) is 8.91. The quantitative estimate of drug-likeness (QED) is 0.0873. The van der Waals surface area contributed by atoms with Gasteiger partial charge in [-0.15, -0.1) is 11.8 Å². The fraction of sp³-hybridized carbons (Fsp3) is 0.0645. The number of rotatable bonds is 10. The third-order valence-corrected chi connectivity index (χ3v) is 6.96. The van der Waals surface area contributed by atoms with Crippen molar-refractivity contribution in [1.82, 2.24) is 5.32 Å².